The Balaban J connectivity index is 1.43. The Morgan fingerprint density at radius 3 is 2.37 bits per heavy atom. The number of anilines is 1. The summed E-state index contributed by atoms with van der Waals surface area (Å²) in [5, 5.41) is -0.532. The third kappa shape index (κ3) is 5.05. The second kappa shape index (κ2) is 10.7. The van der Waals surface area contributed by atoms with E-state index in [0.29, 0.717) is 28.6 Å². The Hall–Kier alpha value is -2.90. The number of likely N-dealkylation sites (tertiary alicyclic amines) is 1. The van der Waals surface area contributed by atoms with Gasteiger partial charge in [0.2, 0.25) is 17.7 Å². The van der Waals surface area contributed by atoms with Gasteiger partial charge in [0.05, 0.1) is 22.2 Å². The first kappa shape index (κ1) is 28.2. The topological polar surface area (TPSA) is 79.7 Å². The lowest BCUT2D eigenvalue weighted by molar-refractivity contribution is -0.137. The molecular weight excluding hydrogens is 643 g/mol. The average molecular weight is 667 g/mol. The monoisotopic (exact) mass is 665 g/mol. The summed E-state index contributed by atoms with van der Waals surface area (Å²) in [6, 6.07) is 11.3. The summed E-state index contributed by atoms with van der Waals surface area (Å²) in [7, 11) is 0. The van der Waals surface area contributed by atoms with Crippen LogP contribution < -0.4 is 9.77 Å². The fourth-order valence-corrected chi connectivity index (χ4v) is 8.78. The highest BCUT2D eigenvalue weighted by Crippen LogP contribution is 2.54. The molecule has 0 radical (unpaired) electrons. The number of benzene rings is 2. The predicted molar refractivity (Wildman–Crippen MR) is 152 cm³/mol. The molecule has 0 N–H and O–H groups in total. The molecule has 3 unspecified atom stereocenters. The number of hydrogen-bond donors (Lipinski definition) is 0. The number of nitrogens with zero attached hydrogens (tertiary/aromatic N) is 3. The molecule has 6 rings (SSSR count). The van der Waals surface area contributed by atoms with Crippen LogP contribution in [0.1, 0.15) is 41.2 Å². The second-order valence-electron chi connectivity index (χ2n) is 10.2. The highest BCUT2D eigenvalue weighted by atomic mass is 79.9. The number of alkyl halides is 3. The number of thiazole rings is 1. The summed E-state index contributed by atoms with van der Waals surface area (Å²) in [4.78, 5) is 56.9. The fourth-order valence-electron chi connectivity index (χ4n) is 5.74. The number of amides is 3. The maximum atomic E-state index is 13.9. The van der Waals surface area contributed by atoms with Crippen LogP contribution in [0.4, 0.5) is 18.9 Å². The molecule has 2 fully saturated rings. The summed E-state index contributed by atoms with van der Waals surface area (Å²) < 4.78 is 42.6. The first-order chi connectivity index (χ1) is 19.5. The molecule has 0 spiro atoms. The van der Waals surface area contributed by atoms with Crippen molar-refractivity contribution < 1.29 is 27.6 Å². The van der Waals surface area contributed by atoms with Crippen LogP contribution in [-0.2, 0) is 27.1 Å². The van der Waals surface area contributed by atoms with E-state index in [-0.39, 0.29) is 23.0 Å². The third-order valence-electron chi connectivity index (χ3n) is 7.71. The molecule has 4 heterocycles. The van der Waals surface area contributed by atoms with Crippen molar-refractivity contribution in [3.63, 3.8) is 0 Å². The zero-order valence-corrected chi connectivity index (χ0v) is 24.6. The van der Waals surface area contributed by atoms with Gasteiger partial charge >= 0.3 is 11.0 Å². The molecule has 41 heavy (non-hydrogen) atoms. The minimum absolute atomic E-state index is 0.152. The van der Waals surface area contributed by atoms with Crippen molar-refractivity contribution in [1.82, 2.24) is 9.47 Å². The average Bonchev–Trinajstić information content (AvgIpc) is 3.39. The van der Waals surface area contributed by atoms with E-state index >= 15 is 0 Å². The Labute approximate surface area is 249 Å². The van der Waals surface area contributed by atoms with Gasteiger partial charge in [-0.25, -0.2) is 4.90 Å². The summed E-state index contributed by atoms with van der Waals surface area (Å²) in [5.74, 6) is -3.10. The van der Waals surface area contributed by atoms with Crippen molar-refractivity contribution in [2.45, 2.75) is 48.2 Å². The van der Waals surface area contributed by atoms with Crippen LogP contribution in [0.3, 0.4) is 0 Å². The lowest BCUT2D eigenvalue weighted by Gasteiger charge is -2.31. The molecule has 1 aromatic heterocycles. The molecule has 214 valence electrons. The molecule has 3 aromatic rings. The van der Waals surface area contributed by atoms with Crippen molar-refractivity contribution in [3.8, 4) is 0 Å². The Bertz CT molecular complexity index is 1600. The van der Waals surface area contributed by atoms with Gasteiger partial charge in [-0.3, -0.25) is 23.7 Å². The quantitative estimate of drug-likeness (QED) is 0.344. The minimum Gasteiger partial charge on any atom is -0.341 e. The first-order valence-corrected chi connectivity index (χ1v) is 15.5. The Morgan fingerprint density at radius 1 is 0.976 bits per heavy atom. The van der Waals surface area contributed by atoms with E-state index in [1.807, 2.05) is 0 Å². The first-order valence-electron chi connectivity index (χ1n) is 13.0. The molecule has 3 aliphatic heterocycles. The lowest BCUT2D eigenvalue weighted by Crippen LogP contribution is -2.39. The fraction of sp³-hybridized carbons (Fsp3) is 0.357. The molecule has 3 aliphatic rings. The SMILES string of the molecule is O=C(Cn1c2c(sc1=O)C(c1ccc(Br)cc1)C1C(=O)N(c3cccc(C(F)(F)F)c3)C(=O)C1S2)N1CCCCC1. The van der Waals surface area contributed by atoms with Gasteiger partial charge in [-0.05, 0) is 55.2 Å². The summed E-state index contributed by atoms with van der Waals surface area (Å²) >= 11 is 5.39. The summed E-state index contributed by atoms with van der Waals surface area (Å²) in [6.07, 6.45) is -1.81. The van der Waals surface area contributed by atoms with Gasteiger partial charge in [0.25, 0.3) is 0 Å². The predicted octanol–water partition coefficient (Wildman–Crippen LogP) is 5.50. The highest BCUT2D eigenvalue weighted by molar-refractivity contribution is 9.10. The number of piperidine rings is 1. The zero-order chi connectivity index (χ0) is 29.1. The molecule has 2 aromatic carbocycles. The summed E-state index contributed by atoms with van der Waals surface area (Å²) in [5.41, 5.74) is -0.431. The standard InChI is InChI=1S/C28H23BrF3N3O4S2/c29-17-9-7-15(8-10-17)20-21-22(25(38)35(24(21)37)18-6-4-5-16(13-18)28(30,31)32)40-26-23(20)41-27(39)34(26)14-19(36)33-11-2-1-3-12-33/h4-10,13,20-22H,1-3,11-12,14H2. The van der Waals surface area contributed by atoms with Gasteiger partial charge in [-0.2, -0.15) is 13.2 Å². The smallest absolute Gasteiger partial charge is 0.341 e. The number of carbonyl (C=O) groups is 3. The molecule has 0 saturated carbocycles. The van der Waals surface area contributed by atoms with Crippen molar-refractivity contribution in [2.24, 2.45) is 5.92 Å². The minimum atomic E-state index is -4.65. The molecular formula is C28H23BrF3N3O4S2. The van der Waals surface area contributed by atoms with Crippen LogP contribution >= 0.6 is 39.0 Å². The number of hydrogen-bond acceptors (Lipinski definition) is 6. The van der Waals surface area contributed by atoms with E-state index < -0.39 is 40.6 Å². The lowest BCUT2D eigenvalue weighted by atomic mass is 9.83. The van der Waals surface area contributed by atoms with E-state index in [9.17, 15) is 32.3 Å². The van der Waals surface area contributed by atoms with E-state index in [2.05, 4.69) is 15.9 Å². The number of fused-ring (bicyclic) bond motifs is 2. The number of carbonyl (C=O) groups excluding carboxylic acids is 3. The molecule has 3 atom stereocenters. The molecule has 2 saturated heterocycles. The van der Waals surface area contributed by atoms with Gasteiger partial charge < -0.3 is 4.90 Å². The number of rotatable bonds is 4. The summed E-state index contributed by atoms with van der Waals surface area (Å²) in [6.45, 7) is 1.07. The van der Waals surface area contributed by atoms with Gasteiger partial charge in [0, 0.05) is 28.4 Å². The molecule has 0 bridgehead atoms. The van der Waals surface area contributed by atoms with Crippen LogP contribution in [-0.4, -0.2) is 45.5 Å². The Kier molecular flexibility index (Phi) is 7.39. The number of halogens is 4. The number of imide groups is 1. The molecule has 13 heteroatoms. The molecule has 0 aliphatic carbocycles. The maximum absolute atomic E-state index is 13.9. The van der Waals surface area contributed by atoms with E-state index in [4.69, 9.17) is 0 Å². The van der Waals surface area contributed by atoms with Gasteiger partial charge in [0.15, 0.2) is 0 Å². The van der Waals surface area contributed by atoms with Gasteiger partial charge in [-0.15, -0.1) is 0 Å². The highest BCUT2D eigenvalue weighted by Gasteiger charge is 2.57. The Morgan fingerprint density at radius 2 is 1.68 bits per heavy atom. The molecule has 7 nitrogen and oxygen atoms in total. The van der Waals surface area contributed by atoms with Crippen LogP contribution in [0, 0.1) is 5.92 Å². The van der Waals surface area contributed by atoms with Gasteiger partial charge in [0.1, 0.15) is 11.8 Å². The van der Waals surface area contributed by atoms with E-state index in [0.717, 1.165) is 63.9 Å². The van der Waals surface area contributed by atoms with Crippen LogP contribution in [0.5, 0.6) is 0 Å². The van der Waals surface area contributed by atoms with E-state index in [1.165, 1.54) is 16.7 Å². The van der Waals surface area contributed by atoms with Crippen molar-refractivity contribution in [2.75, 3.05) is 18.0 Å². The maximum Gasteiger partial charge on any atom is 0.416 e. The third-order valence-corrected chi connectivity index (χ3v) is 10.8. The van der Waals surface area contributed by atoms with Crippen LogP contribution in [0.2, 0.25) is 0 Å². The van der Waals surface area contributed by atoms with Crippen molar-refractivity contribution in [3.05, 3.63) is 78.7 Å². The van der Waals surface area contributed by atoms with Crippen LogP contribution in [0.15, 0.2) is 62.8 Å². The van der Waals surface area contributed by atoms with Crippen LogP contribution in [0.25, 0.3) is 0 Å². The largest absolute Gasteiger partial charge is 0.416 e. The van der Waals surface area contributed by atoms with E-state index in [1.54, 1.807) is 29.2 Å². The number of aromatic nitrogens is 1. The second-order valence-corrected chi connectivity index (χ2v) is 13.3. The van der Waals surface area contributed by atoms with Crippen molar-refractivity contribution >= 4 is 62.4 Å². The number of thioether (sulfide) groups is 1. The van der Waals surface area contributed by atoms with Crippen molar-refractivity contribution in [1.29, 1.82) is 0 Å². The zero-order valence-electron chi connectivity index (χ0n) is 21.4. The van der Waals surface area contributed by atoms with Gasteiger partial charge in [-0.1, -0.05) is 57.2 Å². The normalized spacial score (nSPS) is 22.6. The molecule has 3 amide bonds.